The van der Waals surface area contributed by atoms with Crippen LogP contribution in [0, 0.1) is 0 Å². The summed E-state index contributed by atoms with van der Waals surface area (Å²) in [6.07, 6.45) is 4.60. The summed E-state index contributed by atoms with van der Waals surface area (Å²) in [6, 6.07) is 0. The lowest BCUT2D eigenvalue weighted by Crippen LogP contribution is -2.18. The molecule has 1 heterocycles. The van der Waals surface area contributed by atoms with E-state index in [4.69, 9.17) is 0 Å². The molecule has 5 heteroatoms. The smallest absolute Gasteiger partial charge is 0.0692 e. The third-order valence-electron chi connectivity index (χ3n) is 1.53. The van der Waals surface area contributed by atoms with Gasteiger partial charge in [0.15, 0.2) is 0 Å². The van der Waals surface area contributed by atoms with Gasteiger partial charge in [-0.05, 0) is 13.0 Å². The lowest BCUT2D eigenvalue weighted by Gasteiger charge is -2.02. The van der Waals surface area contributed by atoms with E-state index >= 15 is 0 Å². The van der Waals surface area contributed by atoms with E-state index in [1.54, 1.807) is 6.20 Å². The summed E-state index contributed by atoms with van der Waals surface area (Å²) in [7, 11) is 0. The van der Waals surface area contributed by atoms with Crippen LogP contribution < -0.4 is 5.32 Å². The van der Waals surface area contributed by atoms with Crippen molar-refractivity contribution in [1.29, 1.82) is 0 Å². The Morgan fingerprint density at radius 1 is 1.62 bits per heavy atom. The lowest BCUT2D eigenvalue weighted by molar-refractivity contribution is 0.539. The van der Waals surface area contributed by atoms with E-state index in [-0.39, 0.29) is 0 Å². The van der Waals surface area contributed by atoms with Gasteiger partial charge in [-0.2, -0.15) is 0 Å². The first-order chi connectivity index (χ1) is 6.29. The summed E-state index contributed by atoms with van der Waals surface area (Å²) in [5.74, 6) is 0. The number of rotatable bonds is 6. The molecule has 0 fully saturated rings. The van der Waals surface area contributed by atoms with E-state index < -0.39 is 0 Å². The molecule has 0 radical (unpaired) electrons. The molecule has 0 saturated carbocycles. The topological polar surface area (TPSA) is 42.7 Å². The standard InChI is InChI=1S/C8H13BrN4/c1-8(9)7-10-3-2-5-13-6-4-11-12-13/h4,6,10H,1-3,5,7H2. The van der Waals surface area contributed by atoms with E-state index in [1.165, 1.54) is 0 Å². The molecule has 0 aliphatic heterocycles. The second kappa shape index (κ2) is 5.88. The predicted molar refractivity (Wildman–Crippen MR) is 55.6 cm³/mol. The highest BCUT2D eigenvalue weighted by molar-refractivity contribution is 9.11. The van der Waals surface area contributed by atoms with Crippen LogP contribution in [0.3, 0.4) is 0 Å². The number of aryl methyl sites for hydroxylation is 1. The summed E-state index contributed by atoms with van der Waals surface area (Å²) >= 11 is 3.28. The number of hydrogen-bond donors (Lipinski definition) is 1. The fourth-order valence-electron chi connectivity index (χ4n) is 0.942. The Balaban J connectivity index is 1.99. The van der Waals surface area contributed by atoms with Crippen molar-refractivity contribution in [1.82, 2.24) is 20.3 Å². The maximum absolute atomic E-state index is 3.86. The molecule has 0 unspecified atom stereocenters. The van der Waals surface area contributed by atoms with Gasteiger partial charge in [-0.1, -0.05) is 27.7 Å². The maximum atomic E-state index is 3.86. The first kappa shape index (κ1) is 10.4. The number of aromatic nitrogens is 3. The van der Waals surface area contributed by atoms with Crippen molar-refractivity contribution >= 4 is 15.9 Å². The van der Waals surface area contributed by atoms with Gasteiger partial charge in [-0.25, -0.2) is 0 Å². The molecule has 0 spiro atoms. The normalized spacial score (nSPS) is 10.2. The molecule has 1 rings (SSSR count). The third-order valence-corrected chi connectivity index (χ3v) is 1.81. The largest absolute Gasteiger partial charge is 0.312 e. The Morgan fingerprint density at radius 3 is 3.08 bits per heavy atom. The minimum absolute atomic E-state index is 0.817. The molecule has 72 valence electrons. The van der Waals surface area contributed by atoms with Gasteiger partial charge in [0.2, 0.25) is 0 Å². The van der Waals surface area contributed by atoms with Crippen LogP contribution in [0.5, 0.6) is 0 Å². The molecule has 0 aliphatic rings. The Bertz CT molecular complexity index is 245. The average Bonchev–Trinajstić information content (AvgIpc) is 2.55. The monoisotopic (exact) mass is 244 g/mol. The molecular weight excluding hydrogens is 232 g/mol. The molecule has 0 amide bonds. The first-order valence-electron chi connectivity index (χ1n) is 4.17. The van der Waals surface area contributed by atoms with Gasteiger partial charge in [-0.15, -0.1) is 5.10 Å². The molecule has 4 nitrogen and oxygen atoms in total. The van der Waals surface area contributed by atoms with Crippen LogP contribution in [-0.2, 0) is 6.54 Å². The molecular formula is C8H13BrN4. The summed E-state index contributed by atoms with van der Waals surface area (Å²) in [5, 5.41) is 10.8. The van der Waals surface area contributed by atoms with Gasteiger partial charge in [0.25, 0.3) is 0 Å². The summed E-state index contributed by atoms with van der Waals surface area (Å²) in [4.78, 5) is 0. The number of halogens is 1. The van der Waals surface area contributed by atoms with Crippen LogP contribution in [0.4, 0.5) is 0 Å². The van der Waals surface area contributed by atoms with E-state index in [9.17, 15) is 0 Å². The second-order valence-electron chi connectivity index (χ2n) is 2.71. The maximum Gasteiger partial charge on any atom is 0.0692 e. The van der Waals surface area contributed by atoms with Crippen LogP contribution in [0.25, 0.3) is 0 Å². The molecule has 13 heavy (non-hydrogen) atoms. The summed E-state index contributed by atoms with van der Waals surface area (Å²) in [5.41, 5.74) is 0. The fraction of sp³-hybridized carbons (Fsp3) is 0.500. The van der Waals surface area contributed by atoms with Gasteiger partial charge in [-0.3, -0.25) is 4.68 Å². The Morgan fingerprint density at radius 2 is 2.46 bits per heavy atom. The van der Waals surface area contributed by atoms with E-state index in [0.29, 0.717) is 0 Å². The van der Waals surface area contributed by atoms with Crippen molar-refractivity contribution in [3.8, 4) is 0 Å². The Labute approximate surface area is 86.1 Å². The third kappa shape index (κ3) is 4.80. The zero-order valence-corrected chi connectivity index (χ0v) is 9.00. The zero-order chi connectivity index (χ0) is 9.52. The molecule has 0 bridgehead atoms. The zero-order valence-electron chi connectivity index (χ0n) is 7.41. The minimum Gasteiger partial charge on any atom is -0.312 e. The van der Waals surface area contributed by atoms with Gasteiger partial charge in [0.1, 0.15) is 0 Å². The number of hydrogen-bond acceptors (Lipinski definition) is 3. The average molecular weight is 245 g/mol. The van der Waals surface area contributed by atoms with E-state index in [1.807, 2.05) is 10.9 Å². The van der Waals surface area contributed by atoms with Crippen molar-refractivity contribution in [3.63, 3.8) is 0 Å². The van der Waals surface area contributed by atoms with Gasteiger partial charge in [0, 0.05) is 23.8 Å². The predicted octanol–water partition coefficient (Wildman–Crippen LogP) is 1.17. The van der Waals surface area contributed by atoms with Crippen molar-refractivity contribution in [3.05, 3.63) is 23.5 Å². The van der Waals surface area contributed by atoms with Gasteiger partial charge >= 0.3 is 0 Å². The van der Waals surface area contributed by atoms with Crippen LogP contribution in [-0.4, -0.2) is 28.1 Å². The Kier molecular flexibility index (Phi) is 4.70. The van der Waals surface area contributed by atoms with Crippen LogP contribution in [0.2, 0.25) is 0 Å². The quantitative estimate of drug-likeness (QED) is 0.765. The van der Waals surface area contributed by atoms with E-state index in [2.05, 4.69) is 38.1 Å². The minimum atomic E-state index is 0.817. The Hall–Kier alpha value is -0.680. The number of nitrogens with zero attached hydrogens (tertiary/aromatic N) is 3. The molecule has 0 atom stereocenters. The van der Waals surface area contributed by atoms with Crippen molar-refractivity contribution in [2.75, 3.05) is 13.1 Å². The molecule has 0 aliphatic carbocycles. The van der Waals surface area contributed by atoms with Gasteiger partial charge < -0.3 is 5.32 Å². The summed E-state index contributed by atoms with van der Waals surface area (Å²) < 4.78 is 2.80. The second-order valence-corrected chi connectivity index (χ2v) is 3.84. The highest BCUT2D eigenvalue weighted by Gasteiger charge is 1.91. The fourth-order valence-corrected chi connectivity index (χ4v) is 1.14. The van der Waals surface area contributed by atoms with Crippen LogP contribution in [0.15, 0.2) is 23.5 Å². The lowest BCUT2D eigenvalue weighted by atomic mass is 10.4. The molecule has 1 aromatic rings. The van der Waals surface area contributed by atoms with Crippen LogP contribution in [0.1, 0.15) is 6.42 Å². The highest BCUT2D eigenvalue weighted by atomic mass is 79.9. The first-order valence-corrected chi connectivity index (χ1v) is 4.96. The van der Waals surface area contributed by atoms with Crippen LogP contribution >= 0.6 is 15.9 Å². The molecule has 1 aromatic heterocycles. The van der Waals surface area contributed by atoms with Crippen molar-refractivity contribution in [2.45, 2.75) is 13.0 Å². The van der Waals surface area contributed by atoms with Crippen molar-refractivity contribution in [2.24, 2.45) is 0 Å². The molecule has 0 saturated heterocycles. The van der Waals surface area contributed by atoms with Gasteiger partial charge in [0.05, 0.1) is 6.20 Å². The highest BCUT2D eigenvalue weighted by Crippen LogP contribution is 1.96. The SMILES string of the molecule is C=C(Br)CNCCCn1ccnn1. The van der Waals surface area contributed by atoms with Crippen molar-refractivity contribution < 1.29 is 0 Å². The number of nitrogens with one attached hydrogen (secondary N) is 1. The molecule has 1 N–H and O–H groups in total. The molecule has 0 aromatic carbocycles. The van der Waals surface area contributed by atoms with E-state index in [0.717, 1.165) is 30.5 Å². The summed E-state index contributed by atoms with van der Waals surface area (Å²) in [6.45, 7) is 6.41.